The number of ether oxygens (including phenoxy) is 2. The minimum absolute atomic E-state index is 0. The second-order valence-corrected chi connectivity index (χ2v) is 4.82. The molecule has 0 aliphatic rings. The number of aliphatic imine (C=N–C) groups is 1. The fourth-order valence-corrected chi connectivity index (χ4v) is 2.11. The van der Waals surface area contributed by atoms with Gasteiger partial charge in [0.25, 0.3) is 0 Å². The van der Waals surface area contributed by atoms with E-state index in [0.29, 0.717) is 17.5 Å². The molecule has 2 N–H and O–H groups in total. The number of benzene rings is 1. The third kappa shape index (κ3) is 5.91. The molecule has 24 heavy (non-hydrogen) atoms. The van der Waals surface area contributed by atoms with Crippen LogP contribution in [0.3, 0.4) is 0 Å². The van der Waals surface area contributed by atoms with E-state index in [1.54, 1.807) is 27.5 Å². The fraction of sp³-hybridized carbons (Fsp3) is 0.375. The van der Waals surface area contributed by atoms with Gasteiger partial charge in [0.15, 0.2) is 17.5 Å². The second kappa shape index (κ2) is 10.7. The molecule has 0 saturated heterocycles. The van der Waals surface area contributed by atoms with Gasteiger partial charge in [0.2, 0.25) is 0 Å². The lowest BCUT2D eigenvalue weighted by Gasteiger charge is -2.14. The largest absolute Gasteiger partial charge is 0.493 e. The Bertz CT molecular complexity index is 631. The summed E-state index contributed by atoms with van der Waals surface area (Å²) < 4.78 is 12.4. The van der Waals surface area contributed by atoms with Crippen molar-refractivity contribution >= 4 is 35.6 Å². The van der Waals surface area contributed by atoms with Gasteiger partial charge in [-0.15, -0.1) is 24.0 Å². The molecule has 7 nitrogen and oxygen atoms in total. The number of guanidine groups is 1. The van der Waals surface area contributed by atoms with Crippen molar-refractivity contribution in [3.05, 3.63) is 36.7 Å². The number of nitrogens with zero attached hydrogens (tertiary/aromatic N) is 3. The van der Waals surface area contributed by atoms with Gasteiger partial charge < -0.3 is 20.1 Å². The second-order valence-electron chi connectivity index (χ2n) is 4.82. The van der Waals surface area contributed by atoms with Crippen LogP contribution in [-0.4, -0.2) is 43.6 Å². The number of anilines is 1. The Balaban J connectivity index is 0.00000288. The van der Waals surface area contributed by atoms with Crippen molar-refractivity contribution in [3.8, 4) is 11.5 Å². The molecule has 8 heteroatoms. The predicted octanol–water partition coefficient (Wildman–Crippen LogP) is 2.60. The summed E-state index contributed by atoms with van der Waals surface area (Å²) in [6.07, 6.45) is 4.69. The summed E-state index contributed by atoms with van der Waals surface area (Å²) in [7, 11) is 4.97. The first-order valence-electron chi connectivity index (χ1n) is 7.44. The minimum atomic E-state index is 0. The van der Waals surface area contributed by atoms with Gasteiger partial charge in [-0.1, -0.05) is 0 Å². The van der Waals surface area contributed by atoms with Gasteiger partial charge in [0.05, 0.1) is 14.2 Å². The van der Waals surface area contributed by atoms with E-state index < -0.39 is 0 Å². The van der Waals surface area contributed by atoms with Crippen molar-refractivity contribution in [2.75, 3.05) is 33.1 Å². The van der Waals surface area contributed by atoms with Crippen LogP contribution < -0.4 is 20.1 Å². The van der Waals surface area contributed by atoms with E-state index >= 15 is 0 Å². The van der Waals surface area contributed by atoms with Crippen LogP contribution in [0.1, 0.15) is 6.42 Å². The molecule has 0 bridgehead atoms. The summed E-state index contributed by atoms with van der Waals surface area (Å²) in [6.45, 7) is 1.67. The Morgan fingerprint density at radius 3 is 2.67 bits per heavy atom. The van der Waals surface area contributed by atoms with E-state index in [-0.39, 0.29) is 24.0 Å². The number of hydrogen-bond donors (Lipinski definition) is 2. The normalized spacial score (nSPS) is 10.7. The molecule has 0 aliphatic carbocycles. The van der Waals surface area contributed by atoms with Crippen LogP contribution in [0.25, 0.3) is 0 Å². The fourth-order valence-electron chi connectivity index (χ4n) is 2.11. The van der Waals surface area contributed by atoms with Crippen molar-refractivity contribution < 1.29 is 9.47 Å². The highest BCUT2D eigenvalue weighted by Gasteiger charge is 2.06. The maximum absolute atomic E-state index is 5.30. The third-order valence-corrected chi connectivity index (χ3v) is 3.29. The SMILES string of the molecule is CN=C(NCCCn1cccn1)Nc1ccc(OC)c(OC)c1.I. The molecule has 0 radical (unpaired) electrons. The van der Waals surface area contributed by atoms with Crippen LogP contribution >= 0.6 is 24.0 Å². The highest BCUT2D eigenvalue weighted by molar-refractivity contribution is 14.0. The molecular weight excluding hydrogens is 421 g/mol. The smallest absolute Gasteiger partial charge is 0.195 e. The molecule has 2 aromatic rings. The summed E-state index contributed by atoms with van der Waals surface area (Å²) in [5.41, 5.74) is 0.878. The zero-order valence-corrected chi connectivity index (χ0v) is 16.5. The molecule has 1 aromatic heterocycles. The van der Waals surface area contributed by atoms with Gasteiger partial charge in [0, 0.05) is 44.3 Å². The first-order chi connectivity index (χ1) is 11.3. The Morgan fingerprint density at radius 2 is 2.04 bits per heavy atom. The number of aryl methyl sites for hydroxylation is 1. The van der Waals surface area contributed by atoms with E-state index in [1.165, 1.54) is 0 Å². The Morgan fingerprint density at radius 1 is 1.25 bits per heavy atom. The van der Waals surface area contributed by atoms with Crippen molar-refractivity contribution in [1.29, 1.82) is 0 Å². The van der Waals surface area contributed by atoms with Gasteiger partial charge in [-0.2, -0.15) is 5.10 Å². The monoisotopic (exact) mass is 445 g/mol. The molecule has 0 atom stereocenters. The standard InChI is InChI=1S/C16H23N5O2.HI/c1-17-16(18-8-4-10-21-11-5-9-19-21)20-13-6-7-14(22-2)15(12-13)23-3;/h5-7,9,11-12H,4,8,10H2,1-3H3,(H2,17,18,20);1H. The third-order valence-electron chi connectivity index (χ3n) is 3.29. The van der Waals surface area contributed by atoms with E-state index in [0.717, 1.165) is 25.2 Å². The van der Waals surface area contributed by atoms with E-state index in [9.17, 15) is 0 Å². The maximum Gasteiger partial charge on any atom is 0.195 e. The van der Waals surface area contributed by atoms with Gasteiger partial charge in [-0.05, 0) is 24.6 Å². The van der Waals surface area contributed by atoms with Crippen LogP contribution in [0.4, 0.5) is 5.69 Å². The average molecular weight is 445 g/mol. The summed E-state index contributed by atoms with van der Waals surface area (Å²) in [5.74, 6) is 2.07. The number of aromatic nitrogens is 2. The number of rotatable bonds is 7. The highest BCUT2D eigenvalue weighted by atomic mass is 127. The Labute approximate surface area is 159 Å². The molecule has 0 fully saturated rings. The lowest BCUT2D eigenvalue weighted by atomic mass is 10.2. The molecule has 0 spiro atoms. The van der Waals surface area contributed by atoms with E-state index in [4.69, 9.17) is 9.47 Å². The summed E-state index contributed by atoms with van der Waals surface area (Å²) in [5, 5.41) is 10.7. The van der Waals surface area contributed by atoms with Crippen molar-refractivity contribution in [3.63, 3.8) is 0 Å². The minimum Gasteiger partial charge on any atom is -0.493 e. The van der Waals surface area contributed by atoms with Crippen molar-refractivity contribution in [1.82, 2.24) is 15.1 Å². The number of nitrogens with one attached hydrogen (secondary N) is 2. The van der Waals surface area contributed by atoms with Crippen molar-refractivity contribution in [2.24, 2.45) is 4.99 Å². The van der Waals surface area contributed by atoms with Gasteiger partial charge in [-0.25, -0.2) is 0 Å². The van der Waals surface area contributed by atoms with Crippen LogP contribution in [0.2, 0.25) is 0 Å². The first kappa shape index (κ1) is 20.1. The van der Waals surface area contributed by atoms with Gasteiger partial charge in [-0.3, -0.25) is 9.67 Å². The quantitative estimate of drug-likeness (QED) is 0.297. The molecule has 0 unspecified atom stereocenters. The maximum atomic E-state index is 5.30. The first-order valence-corrected chi connectivity index (χ1v) is 7.44. The predicted molar refractivity (Wildman–Crippen MR) is 107 cm³/mol. The average Bonchev–Trinajstić information content (AvgIpc) is 3.10. The number of halogens is 1. The molecular formula is C16H24IN5O2. The molecule has 0 amide bonds. The molecule has 0 aliphatic heterocycles. The summed E-state index contributed by atoms with van der Waals surface area (Å²) in [6, 6.07) is 7.56. The van der Waals surface area contributed by atoms with E-state index in [2.05, 4.69) is 20.7 Å². The molecule has 1 aromatic carbocycles. The van der Waals surface area contributed by atoms with E-state index in [1.807, 2.05) is 35.1 Å². The zero-order chi connectivity index (χ0) is 16.5. The summed E-state index contributed by atoms with van der Waals surface area (Å²) in [4.78, 5) is 4.22. The lowest BCUT2D eigenvalue weighted by molar-refractivity contribution is 0.355. The molecule has 2 rings (SSSR count). The van der Waals surface area contributed by atoms with Crippen LogP contribution in [0.15, 0.2) is 41.7 Å². The van der Waals surface area contributed by atoms with Gasteiger partial charge in [0.1, 0.15) is 0 Å². The van der Waals surface area contributed by atoms with Crippen LogP contribution in [-0.2, 0) is 6.54 Å². The number of methoxy groups -OCH3 is 2. The topological polar surface area (TPSA) is 72.7 Å². The zero-order valence-electron chi connectivity index (χ0n) is 14.2. The summed E-state index contributed by atoms with van der Waals surface area (Å²) >= 11 is 0. The van der Waals surface area contributed by atoms with Crippen LogP contribution in [0.5, 0.6) is 11.5 Å². The molecule has 132 valence electrons. The van der Waals surface area contributed by atoms with Crippen LogP contribution in [0, 0.1) is 0 Å². The lowest BCUT2D eigenvalue weighted by Crippen LogP contribution is -2.31. The van der Waals surface area contributed by atoms with Crippen molar-refractivity contribution in [2.45, 2.75) is 13.0 Å². The molecule has 1 heterocycles. The Kier molecular flexibility index (Phi) is 8.98. The highest BCUT2D eigenvalue weighted by Crippen LogP contribution is 2.29. The Hall–Kier alpha value is -1.97. The number of hydrogen-bond acceptors (Lipinski definition) is 4. The van der Waals surface area contributed by atoms with Gasteiger partial charge >= 0.3 is 0 Å². The molecule has 0 saturated carbocycles.